The van der Waals surface area contributed by atoms with Crippen LogP contribution in [0.2, 0.25) is 0 Å². The first-order valence-electron chi connectivity index (χ1n) is 26.9. The Kier molecular flexibility index (Phi) is 22.3. The minimum atomic E-state index is 0.785. The zero-order chi connectivity index (χ0) is 54.1. The monoisotopic (exact) mass is 999 g/mol. The van der Waals surface area contributed by atoms with Crippen LogP contribution < -0.4 is 9.80 Å². The van der Waals surface area contributed by atoms with Crippen LogP contribution in [-0.4, -0.2) is 15.7 Å². The molecule has 386 valence electrons. The number of hydrogen-bond donors (Lipinski definition) is 0. The van der Waals surface area contributed by atoms with Crippen LogP contribution in [0, 0.1) is 0 Å². The van der Waals surface area contributed by atoms with Gasteiger partial charge in [0, 0.05) is 80.7 Å². The van der Waals surface area contributed by atoms with Gasteiger partial charge in [-0.25, -0.2) is 0 Å². The van der Waals surface area contributed by atoms with Crippen LogP contribution in [0.15, 0.2) is 274 Å². The second kappa shape index (κ2) is 29.9. The van der Waals surface area contributed by atoms with E-state index < -0.39 is 0 Å². The van der Waals surface area contributed by atoms with Gasteiger partial charge in [0.05, 0.1) is 11.0 Å². The lowest BCUT2D eigenvalue weighted by atomic mass is 10.0. The number of anilines is 3. The van der Waals surface area contributed by atoms with E-state index in [1.807, 2.05) is 52.8 Å². The lowest BCUT2D eigenvalue weighted by Gasteiger charge is -2.25. The van der Waals surface area contributed by atoms with E-state index >= 15 is 0 Å². The molecule has 0 radical (unpaired) electrons. The Bertz CT molecular complexity index is 3470. The number of rotatable bonds is 14. The fraction of sp³-hybridized carbons (Fsp3) is 0.167. The summed E-state index contributed by atoms with van der Waals surface area (Å²) in [6, 6.07) is 71.9. The van der Waals surface area contributed by atoms with Gasteiger partial charge in [0.25, 0.3) is 0 Å². The summed E-state index contributed by atoms with van der Waals surface area (Å²) in [6.07, 6.45) is 19.6. The number of allylic oxidation sites excluding steroid dienone is 9. The maximum Gasteiger partial charge on any atom is 0.0541 e. The molecule has 0 unspecified atom stereocenters. The predicted molar refractivity (Wildman–Crippen MR) is 338 cm³/mol. The summed E-state index contributed by atoms with van der Waals surface area (Å²) in [5.74, 6) is 0. The van der Waals surface area contributed by atoms with Gasteiger partial charge in [-0.2, -0.15) is 0 Å². The minimum absolute atomic E-state index is 0.785. The number of nitrogens with zero attached hydrogens (tertiary/aromatic N) is 4. The number of benzene rings is 8. The Labute approximate surface area is 454 Å². The van der Waals surface area contributed by atoms with E-state index in [0.29, 0.717) is 0 Å². The van der Waals surface area contributed by atoms with Crippen LogP contribution in [0.4, 0.5) is 17.1 Å². The van der Waals surface area contributed by atoms with Crippen molar-refractivity contribution in [3.63, 3.8) is 0 Å². The molecule has 0 fully saturated rings. The van der Waals surface area contributed by atoms with Gasteiger partial charge >= 0.3 is 0 Å². The quantitative estimate of drug-likeness (QED) is 0.0797. The number of hydrogen-bond acceptors (Lipinski definition) is 2. The van der Waals surface area contributed by atoms with E-state index in [9.17, 15) is 0 Å². The highest BCUT2D eigenvalue weighted by Gasteiger charge is 2.16. The molecule has 2 aromatic heterocycles. The Morgan fingerprint density at radius 3 is 1.53 bits per heavy atom. The third kappa shape index (κ3) is 14.2. The summed E-state index contributed by atoms with van der Waals surface area (Å²) in [7, 11) is 0. The molecule has 0 saturated heterocycles. The SMILES string of the molecule is C/C=C(\C)N(Cc1ccccc1)c1ccccc1.C/C=C\C.C=CC.C=CCn1c2ccccc2c2cc(-c3ccc4c(c3)c3ccccc3n4-c3ccc(N(C/C=C\C=C/CC)c4ccccc4)cc3)ccc21.CC. The number of para-hydroxylation sites is 4. The normalized spacial score (nSPS) is 11.1. The lowest BCUT2D eigenvalue weighted by molar-refractivity contribution is 0.901. The largest absolute Gasteiger partial charge is 0.341 e. The standard InChI is InChI=1S/C46H39N3.C17H19N.C4H8.C3H6.C2H6/c1-3-5-6-7-15-31-47(36-16-9-8-10-17-36)37-24-26-38(27-25-37)49-45-21-14-12-19-40(45)42-33-35(23-29-46(42)49)34-22-28-44-41(32-34)39-18-11-13-20-43(39)48(44)30-4-2;1-3-15(2)18(17-12-8-5-9-13-17)14-16-10-6-4-7-11-16;1-3-4-2;1-3-2;1-2/h4-29,32-33H,2-3,30-31H2,1H3;3-13H,14H2,1-2H3;3-4H,1-2H3;3H,1H2,2H3;1-2H3/b6-5-,15-7-;15-3+;4-3-;;. The molecule has 8 aromatic carbocycles. The van der Waals surface area contributed by atoms with Crippen LogP contribution in [-0.2, 0) is 13.1 Å². The highest BCUT2D eigenvalue weighted by molar-refractivity contribution is 6.12. The third-order valence-corrected chi connectivity index (χ3v) is 12.9. The van der Waals surface area contributed by atoms with Gasteiger partial charge < -0.3 is 18.9 Å². The van der Waals surface area contributed by atoms with Gasteiger partial charge in [0.15, 0.2) is 0 Å². The lowest BCUT2D eigenvalue weighted by Crippen LogP contribution is -2.20. The molecule has 2 heterocycles. The maximum atomic E-state index is 4.01. The molecular formula is C72H78N4. The van der Waals surface area contributed by atoms with Crippen molar-refractivity contribution in [1.82, 2.24) is 9.13 Å². The predicted octanol–water partition coefficient (Wildman–Crippen LogP) is 20.8. The van der Waals surface area contributed by atoms with Crippen molar-refractivity contribution in [2.75, 3.05) is 16.3 Å². The van der Waals surface area contributed by atoms with Crippen molar-refractivity contribution >= 4 is 60.7 Å². The van der Waals surface area contributed by atoms with Crippen LogP contribution in [0.25, 0.3) is 60.4 Å². The molecule has 4 nitrogen and oxygen atoms in total. The summed E-state index contributed by atoms with van der Waals surface area (Å²) in [5.41, 5.74) is 14.6. The first-order chi connectivity index (χ1) is 37.4. The fourth-order valence-corrected chi connectivity index (χ4v) is 9.15. The van der Waals surface area contributed by atoms with Crippen molar-refractivity contribution in [3.8, 4) is 16.8 Å². The average molecular weight is 999 g/mol. The van der Waals surface area contributed by atoms with Gasteiger partial charge in [0.1, 0.15) is 0 Å². The van der Waals surface area contributed by atoms with E-state index in [1.165, 1.54) is 77.4 Å². The van der Waals surface area contributed by atoms with Crippen LogP contribution in [0.3, 0.4) is 0 Å². The molecule has 0 saturated carbocycles. The zero-order valence-electron chi connectivity index (χ0n) is 46.3. The Morgan fingerprint density at radius 1 is 0.500 bits per heavy atom. The summed E-state index contributed by atoms with van der Waals surface area (Å²) in [6.45, 7) is 26.1. The van der Waals surface area contributed by atoms with E-state index in [4.69, 9.17) is 0 Å². The molecule has 0 aliphatic carbocycles. The molecular weight excluding hydrogens is 921 g/mol. The van der Waals surface area contributed by atoms with E-state index in [-0.39, 0.29) is 0 Å². The molecule has 0 aliphatic rings. The van der Waals surface area contributed by atoms with Crippen molar-refractivity contribution in [3.05, 3.63) is 279 Å². The molecule has 0 bridgehead atoms. The molecule has 76 heavy (non-hydrogen) atoms. The Morgan fingerprint density at radius 2 is 0.961 bits per heavy atom. The summed E-state index contributed by atoms with van der Waals surface area (Å²) in [4.78, 5) is 4.68. The summed E-state index contributed by atoms with van der Waals surface area (Å²) < 4.78 is 4.75. The second-order valence-electron chi connectivity index (χ2n) is 17.9. The topological polar surface area (TPSA) is 16.3 Å². The van der Waals surface area contributed by atoms with E-state index in [1.54, 1.807) is 6.08 Å². The van der Waals surface area contributed by atoms with Crippen molar-refractivity contribution in [2.24, 2.45) is 0 Å². The van der Waals surface area contributed by atoms with Crippen molar-refractivity contribution < 1.29 is 0 Å². The summed E-state index contributed by atoms with van der Waals surface area (Å²) in [5, 5.41) is 5.05. The molecule has 0 spiro atoms. The Hall–Kier alpha value is -8.60. The van der Waals surface area contributed by atoms with Crippen LogP contribution in [0.5, 0.6) is 0 Å². The highest BCUT2D eigenvalue weighted by atomic mass is 15.1. The fourth-order valence-electron chi connectivity index (χ4n) is 9.15. The van der Waals surface area contributed by atoms with Gasteiger partial charge in [-0.3, -0.25) is 0 Å². The minimum Gasteiger partial charge on any atom is -0.341 e. The zero-order valence-corrected chi connectivity index (χ0v) is 46.3. The van der Waals surface area contributed by atoms with Crippen LogP contribution in [0.1, 0.15) is 67.4 Å². The summed E-state index contributed by atoms with van der Waals surface area (Å²) >= 11 is 0. The van der Waals surface area contributed by atoms with Gasteiger partial charge in [0.2, 0.25) is 0 Å². The first kappa shape index (κ1) is 56.7. The average Bonchev–Trinajstić information content (AvgIpc) is 4.01. The molecule has 0 N–H and O–H groups in total. The Balaban J connectivity index is 0.000000287. The van der Waals surface area contributed by atoms with Gasteiger partial charge in [-0.05, 0) is 143 Å². The van der Waals surface area contributed by atoms with Crippen LogP contribution >= 0.6 is 0 Å². The van der Waals surface area contributed by atoms with Gasteiger partial charge in [-0.15, -0.1) is 13.2 Å². The molecule has 10 rings (SSSR count). The smallest absolute Gasteiger partial charge is 0.0541 e. The van der Waals surface area contributed by atoms with E-state index in [2.05, 4.69) is 283 Å². The first-order valence-corrected chi connectivity index (χ1v) is 26.9. The van der Waals surface area contributed by atoms with Crippen molar-refractivity contribution in [2.45, 2.75) is 74.9 Å². The second-order valence-corrected chi connectivity index (χ2v) is 17.9. The number of fused-ring (bicyclic) bond motifs is 6. The van der Waals surface area contributed by atoms with Crippen molar-refractivity contribution in [1.29, 1.82) is 0 Å². The van der Waals surface area contributed by atoms with E-state index in [0.717, 1.165) is 37.4 Å². The molecule has 0 aliphatic heterocycles. The molecule has 10 aromatic rings. The van der Waals surface area contributed by atoms with Gasteiger partial charge in [-0.1, -0.05) is 191 Å². The molecule has 0 atom stereocenters. The molecule has 4 heteroatoms. The number of aromatic nitrogens is 2. The molecule has 0 amide bonds. The maximum absolute atomic E-state index is 4.01. The third-order valence-electron chi connectivity index (χ3n) is 12.9. The highest BCUT2D eigenvalue weighted by Crippen LogP contribution is 2.38.